The number of amides is 3. The number of ether oxygens (including phenoxy) is 2. The summed E-state index contributed by atoms with van der Waals surface area (Å²) in [7, 11) is 1.56. The molecule has 2 heterocycles. The van der Waals surface area contributed by atoms with Gasteiger partial charge in [-0.3, -0.25) is 9.69 Å². The van der Waals surface area contributed by atoms with Crippen LogP contribution in [0.3, 0.4) is 0 Å². The van der Waals surface area contributed by atoms with Crippen LogP contribution in [-0.4, -0.2) is 24.8 Å². The Hall–Kier alpha value is -3.71. The second-order valence-corrected chi connectivity index (χ2v) is 9.50. The summed E-state index contributed by atoms with van der Waals surface area (Å²) in [5.74, 6) is -0.0521. The number of methoxy groups -OCH3 is 1. The highest BCUT2D eigenvalue weighted by Gasteiger charge is 2.60. The SMILES string of the molecule is COc1cccc2c1O[C@@]1(C)[C@H](C(=O)Nc3ccc(C)cc3C)[C@@H]2NC(=O)N1c1cccc(Cl)c1. The van der Waals surface area contributed by atoms with E-state index in [1.54, 1.807) is 44.4 Å². The molecule has 8 heteroatoms. The lowest BCUT2D eigenvalue weighted by Crippen LogP contribution is -2.72. The number of aryl methyl sites for hydroxylation is 2. The highest BCUT2D eigenvalue weighted by Crippen LogP contribution is 2.52. The first-order chi connectivity index (χ1) is 16.7. The predicted octanol–water partition coefficient (Wildman–Crippen LogP) is 5.60. The highest BCUT2D eigenvalue weighted by atomic mass is 35.5. The molecule has 7 nitrogen and oxygen atoms in total. The van der Waals surface area contributed by atoms with Crippen molar-refractivity contribution < 1.29 is 19.1 Å². The largest absolute Gasteiger partial charge is 0.493 e. The Kier molecular flexibility index (Phi) is 5.60. The number of nitrogens with zero attached hydrogens (tertiary/aromatic N) is 1. The molecule has 1 fully saturated rings. The third-order valence-electron chi connectivity index (χ3n) is 6.70. The summed E-state index contributed by atoms with van der Waals surface area (Å²) in [4.78, 5) is 28.8. The Morgan fingerprint density at radius 3 is 2.63 bits per heavy atom. The van der Waals surface area contributed by atoms with Crippen LogP contribution in [0.5, 0.6) is 11.5 Å². The molecule has 35 heavy (non-hydrogen) atoms. The Morgan fingerprint density at radius 1 is 1.14 bits per heavy atom. The van der Waals surface area contributed by atoms with Crippen molar-refractivity contribution >= 4 is 34.9 Å². The quantitative estimate of drug-likeness (QED) is 0.498. The van der Waals surface area contributed by atoms with E-state index in [-0.39, 0.29) is 11.9 Å². The zero-order valence-electron chi connectivity index (χ0n) is 19.9. The van der Waals surface area contributed by atoms with Crippen molar-refractivity contribution in [2.75, 3.05) is 17.3 Å². The second-order valence-electron chi connectivity index (χ2n) is 9.06. The second kappa shape index (κ2) is 8.50. The number of benzene rings is 3. The first-order valence-corrected chi connectivity index (χ1v) is 11.7. The van der Waals surface area contributed by atoms with E-state index in [1.807, 2.05) is 44.2 Å². The average molecular weight is 492 g/mol. The van der Waals surface area contributed by atoms with Crippen LogP contribution in [0.1, 0.15) is 29.7 Å². The van der Waals surface area contributed by atoms with Gasteiger partial charge in [0.05, 0.1) is 18.8 Å². The van der Waals surface area contributed by atoms with Gasteiger partial charge in [0.15, 0.2) is 11.5 Å². The fourth-order valence-electron chi connectivity index (χ4n) is 5.10. The first kappa shape index (κ1) is 23.1. The van der Waals surface area contributed by atoms with Crippen molar-refractivity contribution in [3.8, 4) is 11.5 Å². The van der Waals surface area contributed by atoms with Gasteiger partial charge in [-0.15, -0.1) is 0 Å². The molecule has 2 aliphatic heterocycles. The molecule has 0 aliphatic carbocycles. The van der Waals surface area contributed by atoms with Gasteiger partial charge in [-0.05, 0) is 56.7 Å². The molecule has 3 aromatic rings. The molecule has 0 saturated carbocycles. The molecule has 0 unspecified atom stereocenters. The average Bonchev–Trinajstić information content (AvgIpc) is 2.80. The number of anilines is 2. The smallest absolute Gasteiger partial charge is 0.325 e. The number of urea groups is 1. The van der Waals surface area contributed by atoms with Crippen LogP contribution in [0.4, 0.5) is 16.2 Å². The summed E-state index contributed by atoms with van der Waals surface area (Å²) >= 11 is 6.26. The number of carbonyl (C=O) groups is 2. The van der Waals surface area contributed by atoms with Crippen LogP contribution < -0.4 is 25.0 Å². The van der Waals surface area contributed by atoms with Crippen molar-refractivity contribution in [1.82, 2.24) is 5.32 Å². The lowest BCUT2D eigenvalue weighted by molar-refractivity contribution is -0.131. The zero-order valence-corrected chi connectivity index (χ0v) is 20.6. The van der Waals surface area contributed by atoms with Gasteiger partial charge < -0.3 is 20.1 Å². The van der Waals surface area contributed by atoms with Crippen molar-refractivity contribution in [2.24, 2.45) is 5.92 Å². The molecule has 2 N–H and O–H groups in total. The Morgan fingerprint density at radius 2 is 1.91 bits per heavy atom. The number of carbonyl (C=O) groups excluding carboxylic acids is 2. The number of fused-ring (bicyclic) bond motifs is 4. The van der Waals surface area contributed by atoms with E-state index in [0.717, 1.165) is 11.1 Å². The molecule has 2 aliphatic rings. The van der Waals surface area contributed by atoms with Gasteiger partial charge in [-0.25, -0.2) is 4.79 Å². The van der Waals surface area contributed by atoms with E-state index in [1.165, 1.54) is 4.90 Å². The van der Waals surface area contributed by atoms with E-state index in [9.17, 15) is 9.59 Å². The van der Waals surface area contributed by atoms with Crippen LogP contribution in [0, 0.1) is 19.8 Å². The molecular formula is C27H26ClN3O4. The summed E-state index contributed by atoms with van der Waals surface area (Å²) < 4.78 is 12.1. The lowest BCUT2D eigenvalue weighted by Gasteiger charge is -2.54. The van der Waals surface area contributed by atoms with Gasteiger partial charge >= 0.3 is 6.03 Å². The van der Waals surface area contributed by atoms with Crippen LogP contribution in [0.25, 0.3) is 0 Å². The van der Waals surface area contributed by atoms with Gasteiger partial charge in [0.1, 0.15) is 5.92 Å². The monoisotopic (exact) mass is 491 g/mol. The van der Waals surface area contributed by atoms with Crippen LogP contribution >= 0.6 is 11.6 Å². The number of halogens is 1. The molecule has 5 rings (SSSR count). The molecule has 180 valence electrons. The minimum atomic E-state index is -1.37. The van der Waals surface area contributed by atoms with E-state index in [4.69, 9.17) is 21.1 Å². The molecule has 3 amide bonds. The Bertz CT molecular complexity index is 1340. The van der Waals surface area contributed by atoms with Gasteiger partial charge in [0, 0.05) is 16.3 Å². The van der Waals surface area contributed by atoms with Crippen LogP contribution in [-0.2, 0) is 4.79 Å². The van der Waals surface area contributed by atoms with E-state index in [0.29, 0.717) is 33.5 Å². The lowest BCUT2D eigenvalue weighted by atomic mass is 9.78. The zero-order chi connectivity index (χ0) is 24.9. The minimum absolute atomic E-state index is 0.273. The van der Waals surface area contributed by atoms with E-state index in [2.05, 4.69) is 10.6 Å². The number of rotatable bonds is 4. The van der Waals surface area contributed by atoms with Gasteiger partial charge in [-0.1, -0.05) is 47.5 Å². The maximum Gasteiger partial charge on any atom is 0.325 e. The molecule has 2 bridgehead atoms. The molecule has 0 radical (unpaired) electrons. The number of hydrogen-bond donors (Lipinski definition) is 2. The number of nitrogens with one attached hydrogen (secondary N) is 2. The van der Waals surface area contributed by atoms with Crippen molar-refractivity contribution in [2.45, 2.75) is 32.5 Å². The fraction of sp³-hybridized carbons (Fsp3) is 0.259. The van der Waals surface area contributed by atoms with E-state index >= 15 is 0 Å². The third-order valence-corrected chi connectivity index (χ3v) is 6.93. The Balaban J connectivity index is 1.65. The number of para-hydroxylation sites is 1. The molecule has 0 spiro atoms. The molecule has 3 aromatic carbocycles. The molecule has 1 saturated heterocycles. The molecule has 0 aromatic heterocycles. The normalized spacial score (nSPS) is 22.5. The maximum atomic E-state index is 13.9. The summed E-state index contributed by atoms with van der Waals surface area (Å²) in [6, 6.07) is 17.2. The molecule has 3 atom stereocenters. The fourth-order valence-corrected chi connectivity index (χ4v) is 5.28. The van der Waals surface area contributed by atoms with Gasteiger partial charge in [0.25, 0.3) is 0 Å². The molecular weight excluding hydrogens is 466 g/mol. The number of hydrogen-bond acceptors (Lipinski definition) is 4. The maximum absolute atomic E-state index is 13.9. The van der Waals surface area contributed by atoms with Gasteiger partial charge in [-0.2, -0.15) is 0 Å². The standard InChI is InChI=1S/C27H26ClN3O4/c1-15-11-12-20(16(2)13-15)29-25(32)22-23-19-9-6-10-21(34-4)24(19)35-27(22,3)31(26(33)30-23)18-8-5-7-17(28)14-18/h5-14,22-23H,1-4H3,(H,29,32)(H,30,33)/t22-,23+,27-/m0/s1. The van der Waals surface area contributed by atoms with Crippen LogP contribution in [0.15, 0.2) is 60.7 Å². The minimum Gasteiger partial charge on any atom is -0.493 e. The van der Waals surface area contributed by atoms with E-state index < -0.39 is 17.7 Å². The summed E-state index contributed by atoms with van der Waals surface area (Å²) in [6.07, 6.45) is 0. The summed E-state index contributed by atoms with van der Waals surface area (Å²) in [6.45, 7) is 5.70. The van der Waals surface area contributed by atoms with Crippen molar-refractivity contribution in [3.63, 3.8) is 0 Å². The highest BCUT2D eigenvalue weighted by molar-refractivity contribution is 6.31. The topological polar surface area (TPSA) is 79.9 Å². The summed E-state index contributed by atoms with van der Waals surface area (Å²) in [5.41, 5.74) is 2.58. The Labute approximate surface area is 209 Å². The van der Waals surface area contributed by atoms with Crippen molar-refractivity contribution in [1.29, 1.82) is 0 Å². The summed E-state index contributed by atoms with van der Waals surface area (Å²) in [5, 5.41) is 6.56. The third kappa shape index (κ3) is 3.76. The predicted molar refractivity (Wildman–Crippen MR) is 135 cm³/mol. The van der Waals surface area contributed by atoms with Gasteiger partial charge in [0.2, 0.25) is 11.6 Å². The van der Waals surface area contributed by atoms with Crippen molar-refractivity contribution in [3.05, 3.63) is 82.4 Å². The van der Waals surface area contributed by atoms with Crippen LogP contribution in [0.2, 0.25) is 5.02 Å². The first-order valence-electron chi connectivity index (χ1n) is 11.3.